The van der Waals surface area contributed by atoms with E-state index < -0.39 is 0 Å². The van der Waals surface area contributed by atoms with Gasteiger partial charge in [-0.1, -0.05) is 19.3 Å². The number of carbonyl (C=O) groups is 1. The van der Waals surface area contributed by atoms with Crippen LogP contribution in [0.1, 0.15) is 68.4 Å². The van der Waals surface area contributed by atoms with Crippen molar-refractivity contribution in [3.05, 3.63) is 41.5 Å². The molecule has 1 amide bonds. The third-order valence-corrected chi connectivity index (χ3v) is 7.23. The summed E-state index contributed by atoms with van der Waals surface area (Å²) in [5.41, 5.74) is 5.66. The van der Waals surface area contributed by atoms with Gasteiger partial charge in [0.05, 0.1) is 30.0 Å². The fourth-order valence-electron chi connectivity index (χ4n) is 5.60. The Morgan fingerprint density at radius 2 is 1.97 bits per heavy atom. The number of hydrogen-bond acceptors (Lipinski definition) is 4. The number of nitrogens with zero attached hydrogens (tertiary/aromatic N) is 5. The Morgan fingerprint density at radius 1 is 1.16 bits per heavy atom. The van der Waals surface area contributed by atoms with Crippen LogP contribution in [0.25, 0.3) is 11.0 Å². The maximum absolute atomic E-state index is 12.5. The average molecular weight is 436 g/mol. The third-order valence-electron chi connectivity index (χ3n) is 7.23. The van der Waals surface area contributed by atoms with Crippen LogP contribution in [0, 0.1) is 0 Å². The van der Waals surface area contributed by atoms with Crippen LogP contribution in [-0.4, -0.2) is 38.6 Å². The molecule has 1 aliphatic heterocycles. The molecule has 3 aromatic rings. The second kappa shape index (κ2) is 8.60. The molecule has 0 radical (unpaired) electrons. The molecule has 1 fully saturated rings. The quantitative estimate of drug-likeness (QED) is 0.580. The van der Waals surface area contributed by atoms with E-state index in [4.69, 9.17) is 9.72 Å². The molecule has 2 aliphatic rings. The molecular weight excluding hydrogens is 402 g/mol. The summed E-state index contributed by atoms with van der Waals surface area (Å²) in [6, 6.07) is 4.92. The van der Waals surface area contributed by atoms with Crippen LogP contribution in [0.3, 0.4) is 0 Å². The Labute approximate surface area is 189 Å². The first-order valence-electron chi connectivity index (χ1n) is 11.9. The van der Waals surface area contributed by atoms with E-state index in [9.17, 15) is 4.79 Å². The van der Waals surface area contributed by atoms with Gasteiger partial charge in [-0.15, -0.1) is 0 Å². The molecule has 7 heteroatoms. The minimum atomic E-state index is -0.290. The molecule has 32 heavy (non-hydrogen) atoms. The highest BCUT2D eigenvalue weighted by molar-refractivity contribution is 5.95. The number of aromatic nitrogens is 4. The summed E-state index contributed by atoms with van der Waals surface area (Å²) in [5.74, 6) is 1.16. The van der Waals surface area contributed by atoms with E-state index in [1.807, 2.05) is 17.9 Å². The number of ether oxygens (including phenoxy) is 1. The number of amides is 1. The van der Waals surface area contributed by atoms with Gasteiger partial charge in [0.25, 0.3) is 0 Å². The van der Waals surface area contributed by atoms with Crippen molar-refractivity contribution in [2.75, 3.05) is 12.0 Å². The zero-order valence-corrected chi connectivity index (χ0v) is 19.4. The molecule has 0 bridgehead atoms. The molecule has 1 atom stereocenters. The van der Waals surface area contributed by atoms with Crippen molar-refractivity contribution in [3.8, 4) is 0 Å². The number of fused-ring (bicyclic) bond motifs is 3. The zero-order chi connectivity index (χ0) is 22.2. The van der Waals surface area contributed by atoms with E-state index in [2.05, 4.69) is 34.9 Å². The molecule has 0 spiro atoms. The fraction of sp³-hybridized carbons (Fsp3) is 0.560. The zero-order valence-electron chi connectivity index (χ0n) is 19.4. The molecule has 7 nitrogen and oxygen atoms in total. The van der Waals surface area contributed by atoms with Crippen LogP contribution < -0.4 is 4.90 Å². The Morgan fingerprint density at radius 3 is 2.69 bits per heavy atom. The number of hydrogen-bond donors (Lipinski definition) is 0. The van der Waals surface area contributed by atoms with Crippen molar-refractivity contribution in [3.63, 3.8) is 0 Å². The lowest BCUT2D eigenvalue weighted by Crippen LogP contribution is -2.42. The van der Waals surface area contributed by atoms with Gasteiger partial charge < -0.3 is 9.30 Å². The summed E-state index contributed by atoms with van der Waals surface area (Å²) in [6.45, 7) is 2.09. The number of methoxy groups -OCH3 is 1. The van der Waals surface area contributed by atoms with Gasteiger partial charge in [0.2, 0.25) is 0 Å². The van der Waals surface area contributed by atoms with Crippen LogP contribution in [0.5, 0.6) is 0 Å². The monoisotopic (exact) mass is 435 g/mol. The number of imidazole rings is 1. The van der Waals surface area contributed by atoms with Gasteiger partial charge in [-0.25, -0.2) is 9.78 Å². The van der Waals surface area contributed by atoms with E-state index in [0.29, 0.717) is 6.04 Å². The summed E-state index contributed by atoms with van der Waals surface area (Å²) in [5, 5.41) is 4.32. The Bertz CT molecular complexity index is 1130. The normalized spacial score (nSPS) is 19.3. The first-order valence-corrected chi connectivity index (χ1v) is 11.9. The van der Waals surface area contributed by atoms with E-state index >= 15 is 0 Å². The number of anilines is 1. The first-order chi connectivity index (χ1) is 15.6. The van der Waals surface area contributed by atoms with Crippen molar-refractivity contribution in [1.82, 2.24) is 19.3 Å². The minimum absolute atomic E-state index is 0.123. The van der Waals surface area contributed by atoms with Crippen molar-refractivity contribution in [2.45, 2.75) is 76.8 Å². The van der Waals surface area contributed by atoms with E-state index in [0.717, 1.165) is 42.7 Å². The SMILES string of the molecule is COC(=O)N1c2ccc3c(nc(CCc4cnn(C)c4)n3C3CCCCC3)c2CC[C@@H]1C. The molecule has 2 aromatic heterocycles. The maximum Gasteiger partial charge on any atom is 0.414 e. The number of carbonyl (C=O) groups excluding carboxylic acids is 1. The molecule has 3 heterocycles. The molecule has 1 aliphatic carbocycles. The van der Waals surface area contributed by atoms with Crippen LogP contribution in [0.15, 0.2) is 24.5 Å². The van der Waals surface area contributed by atoms with Crippen molar-refractivity contribution in [2.24, 2.45) is 7.05 Å². The summed E-state index contributed by atoms with van der Waals surface area (Å²) in [4.78, 5) is 19.6. The Hall–Kier alpha value is -2.83. The lowest BCUT2D eigenvalue weighted by Gasteiger charge is -2.34. The Balaban J connectivity index is 1.59. The summed E-state index contributed by atoms with van der Waals surface area (Å²) in [6.07, 6.45) is 13.7. The highest BCUT2D eigenvalue weighted by Crippen LogP contribution is 2.39. The largest absolute Gasteiger partial charge is 0.452 e. The minimum Gasteiger partial charge on any atom is -0.452 e. The lowest BCUT2D eigenvalue weighted by atomic mass is 9.94. The maximum atomic E-state index is 12.5. The highest BCUT2D eigenvalue weighted by Gasteiger charge is 2.32. The molecule has 1 saturated carbocycles. The predicted molar refractivity (Wildman–Crippen MR) is 125 cm³/mol. The summed E-state index contributed by atoms with van der Waals surface area (Å²) < 4.78 is 9.48. The number of benzene rings is 1. The second-order valence-electron chi connectivity index (χ2n) is 9.37. The van der Waals surface area contributed by atoms with Crippen molar-refractivity contribution < 1.29 is 9.53 Å². The lowest BCUT2D eigenvalue weighted by molar-refractivity contribution is 0.175. The van der Waals surface area contributed by atoms with Crippen LogP contribution in [0.2, 0.25) is 0 Å². The van der Waals surface area contributed by atoms with Gasteiger partial charge in [-0.05, 0) is 56.7 Å². The molecule has 5 rings (SSSR count). The molecule has 0 unspecified atom stereocenters. The standard InChI is InChI=1S/C25H33N5O2/c1-17-9-11-20-21(29(17)25(31)32-3)12-13-22-24(20)27-23(14-10-18-15-26-28(2)16-18)30(22)19-7-5-4-6-8-19/h12-13,15-17,19H,4-11,14H2,1-3H3/t17-/m0/s1. The fourth-order valence-corrected chi connectivity index (χ4v) is 5.60. The molecule has 0 saturated heterocycles. The number of aryl methyl sites for hydroxylation is 4. The predicted octanol–water partition coefficient (Wildman–Crippen LogP) is 4.97. The van der Waals surface area contributed by atoms with Gasteiger partial charge in [-0.3, -0.25) is 9.58 Å². The van der Waals surface area contributed by atoms with E-state index in [1.54, 1.807) is 4.90 Å². The van der Waals surface area contributed by atoms with E-state index in [1.165, 1.54) is 55.9 Å². The third kappa shape index (κ3) is 3.67. The van der Waals surface area contributed by atoms with Crippen LogP contribution in [0.4, 0.5) is 10.5 Å². The van der Waals surface area contributed by atoms with Gasteiger partial charge in [0.15, 0.2) is 0 Å². The average Bonchev–Trinajstić information content (AvgIpc) is 3.40. The molecule has 0 N–H and O–H groups in total. The van der Waals surface area contributed by atoms with Gasteiger partial charge in [0, 0.05) is 37.3 Å². The number of rotatable bonds is 4. The molecular formula is C25H33N5O2. The summed E-state index contributed by atoms with van der Waals surface area (Å²) >= 11 is 0. The smallest absolute Gasteiger partial charge is 0.414 e. The molecule has 170 valence electrons. The van der Waals surface area contributed by atoms with Crippen LogP contribution >= 0.6 is 0 Å². The van der Waals surface area contributed by atoms with Crippen LogP contribution in [-0.2, 0) is 31.0 Å². The summed E-state index contributed by atoms with van der Waals surface area (Å²) in [7, 11) is 3.41. The van der Waals surface area contributed by atoms with Crippen molar-refractivity contribution in [1.29, 1.82) is 0 Å². The topological polar surface area (TPSA) is 65.2 Å². The van der Waals surface area contributed by atoms with Gasteiger partial charge >= 0.3 is 6.09 Å². The van der Waals surface area contributed by atoms with Crippen molar-refractivity contribution >= 4 is 22.8 Å². The van der Waals surface area contributed by atoms with E-state index in [-0.39, 0.29) is 12.1 Å². The first kappa shape index (κ1) is 21.0. The Kier molecular flexibility index (Phi) is 5.66. The highest BCUT2D eigenvalue weighted by atomic mass is 16.5. The van der Waals surface area contributed by atoms with Gasteiger partial charge in [-0.2, -0.15) is 5.10 Å². The van der Waals surface area contributed by atoms with Gasteiger partial charge in [0.1, 0.15) is 5.82 Å². The second-order valence-corrected chi connectivity index (χ2v) is 9.37. The molecule has 1 aromatic carbocycles.